The lowest BCUT2D eigenvalue weighted by molar-refractivity contribution is 0.817. The summed E-state index contributed by atoms with van der Waals surface area (Å²) in [6.07, 6.45) is 0. The molecule has 4 aromatic carbocycles. The van der Waals surface area contributed by atoms with Gasteiger partial charge in [0.05, 0.1) is 28.8 Å². The number of benzene rings is 4. The fraction of sp³-hybridized carbons (Fsp3) is 0.0690. The van der Waals surface area contributed by atoms with E-state index in [1.54, 1.807) is 4.57 Å². The van der Waals surface area contributed by atoms with Crippen molar-refractivity contribution < 1.29 is 0 Å². The highest BCUT2D eigenvalue weighted by Gasteiger charge is 2.15. The van der Waals surface area contributed by atoms with Gasteiger partial charge in [0.25, 0.3) is 5.56 Å². The van der Waals surface area contributed by atoms with E-state index < -0.39 is 0 Å². The fourth-order valence-corrected chi connectivity index (χ4v) is 4.08. The third-order valence-corrected chi connectivity index (χ3v) is 5.66. The standard InChI is InChI=1S/C29H23N3O/c1-21-12-11-19-25-27(21)29(33)32(24-17-9-4-10-18-24)26(31-25)20-30-28(22-13-5-2-6-14-22)23-15-7-3-8-16-23/h2-19H,20H2,1H3. The molecule has 0 N–H and O–H groups in total. The van der Waals surface area contributed by atoms with E-state index in [-0.39, 0.29) is 12.1 Å². The van der Waals surface area contributed by atoms with Gasteiger partial charge >= 0.3 is 0 Å². The van der Waals surface area contributed by atoms with E-state index >= 15 is 0 Å². The summed E-state index contributed by atoms with van der Waals surface area (Å²) in [5, 5.41) is 0.639. The zero-order valence-corrected chi connectivity index (χ0v) is 18.3. The lowest BCUT2D eigenvalue weighted by Gasteiger charge is -2.14. The summed E-state index contributed by atoms with van der Waals surface area (Å²) in [5.74, 6) is 0.605. The van der Waals surface area contributed by atoms with Crippen LogP contribution in [0.15, 0.2) is 119 Å². The first kappa shape index (κ1) is 20.6. The lowest BCUT2D eigenvalue weighted by atomic mass is 10.0. The monoisotopic (exact) mass is 429 g/mol. The summed E-state index contributed by atoms with van der Waals surface area (Å²) >= 11 is 0. The Balaban J connectivity index is 1.71. The highest BCUT2D eigenvalue weighted by molar-refractivity contribution is 6.12. The summed E-state index contributed by atoms with van der Waals surface area (Å²) in [6.45, 7) is 2.22. The van der Waals surface area contributed by atoms with Crippen molar-refractivity contribution in [3.63, 3.8) is 0 Å². The van der Waals surface area contributed by atoms with Gasteiger partial charge < -0.3 is 0 Å². The van der Waals surface area contributed by atoms with Crippen LogP contribution in [-0.2, 0) is 6.54 Å². The number of para-hydroxylation sites is 1. The maximum Gasteiger partial charge on any atom is 0.266 e. The van der Waals surface area contributed by atoms with E-state index in [2.05, 4.69) is 0 Å². The highest BCUT2D eigenvalue weighted by Crippen LogP contribution is 2.18. The first-order valence-corrected chi connectivity index (χ1v) is 10.9. The van der Waals surface area contributed by atoms with Crippen molar-refractivity contribution in [1.29, 1.82) is 0 Å². The van der Waals surface area contributed by atoms with Gasteiger partial charge in [-0.2, -0.15) is 0 Å². The smallest absolute Gasteiger partial charge is 0.266 e. The molecular formula is C29H23N3O. The van der Waals surface area contributed by atoms with Gasteiger partial charge in [0.2, 0.25) is 0 Å². The molecule has 0 saturated heterocycles. The van der Waals surface area contributed by atoms with Crippen LogP contribution in [0.1, 0.15) is 22.5 Å². The molecule has 0 radical (unpaired) electrons. The molecule has 0 saturated carbocycles. The quantitative estimate of drug-likeness (QED) is 0.335. The molecule has 0 fully saturated rings. The number of fused-ring (bicyclic) bond motifs is 1. The fourth-order valence-electron chi connectivity index (χ4n) is 4.08. The summed E-state index contributed by atoms with van der Waals surface area (Å²) in [5.41, 5.74) is 5.23. The van der Waals surface area contributed by atoms with Gasteiger partial charge in [-0.05, 0) is 30.7 Å². The molecule has 0 amide bonds. The molecule has 160 valence electrons. The minimum absolute atomic E-state index is 0.0736. The number of aromatic nitrogens is 2. The molecule has 1 heterocycles. The first-order chi connectivity index (χ1) is 16.2. The number of nitrogens with zero attached hydrogens (tertiary/aromatic N) is 3. The lowest BCUT2D eigenvalue weighted by Crippen LogP contribution is -2.24. The van der Waals surface area contributed by atoms with Crippen LogP contribution in [0.4, 0.5) is 0 Å². The van der Waals surface area contributed by atoms with Gasteiger partial charge in [-0.3, -0.25) is 14.4 Å². The second-order valence-corrected chi connectivity index (χ2v) is 7.87. The third kappa shape index (κ3) is 4.11. The van der Waals surface area contributed by atoms with Crippen LogP contribution in [0.5, 0.6) is 0 Å². The molecule has 5 aromatic rings. The molecule has 0 bridgehead atoms. The predicted molar refractivity (Wildman–Crippen MR) is 134 cm³/mol. The van der Waals surface area contributed by atoms with E-state index in [0.717, 1.165) is 28.1 Å². The van der Waals surface area contributed by atoms with E-state index in [4.69, 9.17) is 9.98 Å². The largest absolute Gasteiger partial charge is 0.276 e. The number of hydrogen-bond acceptors (Lipinski definition) is 3. The molecule has 0 aliphatic heterocycles. The summed E-state index contributed by atoms with van der Waals surface area (Å²) in [4.78, 5) is 23.5. The minimum Gasteiger partial charge on any atom is -0.276 e. The maximum absolute atomic E-state index is 13.6. The van der Waals surface area contributed by atoms with Crippen LogP contribution in [0.3, 0.4) is 0 Å². The zero-order chi connectivity index (χ0) is 22.6. The van der Waals surface area contributed by atoms with Crippen LogP contribution in [0.25, 0.3) is 16.6 Å². The van der Waals surface area contributed by atoms with Crippen LogP contribution in [0.2, 0.25) is 0 Å². The van der Waals surface area contributed by atoms with Crippen LogP contribution in [0, 0.1) is 6.92 Å². The van der Waals surface area contributed by atoms with Gasteiger partial charge in [-0.1, -0.05) is 91.0 Å². The average Bonchev–Trinajstić information content (AvgIpc) is 2.86. The second kappa shape index (κ2) is 9.05. The van der Waals surface area contributed by atoms with Gasteiger partial charge in [-0.15, -0.1) is 0 Å². The minimum atomic E-state index is -0.0736. The third-order valence-electron chi connectivity index (χ3n) is 5.66. The summed E-state index contributed by atoms with van der Waals surface area (Å²) in [7, 11) is 0. The van der Waals surface area contributed by atoms with Crippen molar-refractivity contribution in [2.24, 2.45) is 4.99 Å². The molecule has 0 aliphatic carbocycles. The van der Waals surface area contributed by atoms with Crippen LogP contribution < -0.4 is 5.56 Å². The van der Waals surface area contributed by atoms with Crippen molar-refractivity contribution in [2.45, 2.75) is 13.5 Å². The number of rotatable bonds is 5. The average molecular weight is 430 g/mol. The number of aryl methyl sites for hydroxylation is 1. The van der Waals surface area contributed by atoms with Gasteiger partial charge in [-0.25, -0.2) is 4.98 Å². The highest BCUT2D eigenvalue weighted by atomic mass is 16.1. The van der Waals surface area contributed by atoms with Crippen molar-refractivity contribution in [2.75, 3.05) is 0 Å². The first-order valence-electron chi connectivity index (χ1n) is 10.9. The Morgan fingerprint density at radius 2 is 1.33 bits per heavy atom. The van der Waals surface area contributed by atoms with Crippen molar-refractivity contribution in [3.8, 4) is 5.69 Å². The van der Waals surface area contributed by atoms with Crippen molar-refractivity contribution in [3.05, 3.63) is 142 Å². The molecular weight excluding hydrogens is 406 g/mol. The molecule has 33 heavy (non-hydrogen) atoms. The van der Waals surface area contributed by atoms with E-state index in [0.29, 0.717) is 16.7 Å². The zero-order valence-electron chi connectivity index (χ0n) is 18.3. The van der Waals surface area contributed by atoms with E-state index in [1.807, 2.05) is 116 Å². The summed E-state index contributed by atoms with van der Waals surface area (Å²) < 4.78 is 1.69. The molecule has 0 unspecified atom stereocenters. The Labute approximate surface area is 192 Å². The van der Waals surface area contributed by atoms with Crippen molar-refractivity contribution >= 4 is 16.6 Å². The summed E-state index contributed by atoms with van der Waals surface area (Å²) in [6, 6.07) is 35.6. The van der Waals surface area contributed by atoms with Gasteiger partial charge in [0.15, 0.2) is 0 Å². The van der Waals surface area contributed by atoms with Gasteiger partial charge in [0.1, 0.15) is 5.82 Å². The van der Waals surface area contributed by atoms with Crippen LogP contribution in [-0.4, -0.2) is 15.3 Å². The Bertz CT molecular complexity index is 1450. The molecule has 4 nitrogen and oxygen atoms in total. The molecule has 0 aliphatic rings. The van der Waals surface area contributed by atoms with Crippen LogP contribution >= 0.6 is 0 Å². The SMILES string of the molecule is Cc1cccc2nc(CN=C(c3ccccc3)c3ccccc3)n(-c3ccccc3)c(=O)c12. The topological polar surface area (TPSA) is 47.2 Å². The second-order valence-electron chi connectivity index (χ2n) is 7.87. The Morgan fingerprint density at radius 3 is 1.94 bits per heavy atom. The Kier molecular flexibility index (Phi) is 5.64. The predicted octanol–water partition coefficient (Wildman–Crippen LogP) is 5.73. The van der Waals surface area contributed by atoms with Crippen molar-refractivity contribution in [1.82, 2.24) is 9.55 Å². The van der Waals surface area contributed by atoms with E-state index in [1.165, 1.54) is 0 Å². The normalized spacial score (nSPS) is 10.8. The molecule has 0 atom stereocenters. The molecule has 5 rings (SSSR count). The van der Waals surface area contributed by atoms with Gasteiger partial charge in [0, 0.05) is 11.1 Å². The maximum atomic E-state index is 13.6. The molecule has 1 aromatic heterocycles. The van der Waals surface area contributed by atoms with E-state index in [9.17, 15) is 4.79 Å². The molecule has 4 heteroatoms. The molecule has 0 spiro atoms. The number of hydrogen-bond donors (Lipinski definition) is 0. The Morgan fingerprint density at radius 1 is 0.758 bits per heavy atom. The Hall–Kier alpha value is -4.31. The number of aliphatic imine (C=N–C) groups is 1.